The Labute approximate surface area is 136 Å². The number of amides is 1. The summed E-state index contributed by atoms with van der Waals surface area (Å²) in [6.45, 7) is 7.88. The van der Waals surface area contributed by atoms with E-state index >= 15 is 0 Å². The van der Waals surface area contributed by atoms with Gasteiger partial charge in [0.2, 0.25) is 5.91 Å². The Morgan fingerprint density at radius 2 is 2.13 bits per heavy atom. The lowest BCUT2D eigenvalue weighted by atomic mass is 10.2. The summed E-state index contributed by atoms with van der Waals surface area (Å²) in [5.74, 6) is -0.863. The Morgan fingerprint density at radius 1 is 1.52 bits per heavy atom. The van der Waals surface area contributed by atoms with Crippen LogP contribution in [0, 0.1) is 0 Å². The zero-order valence-corrected chi connectivity index (χ0v) is 13.9. The average molecular weight is 330 g/mol. The highest BCUT2D eigenvalue weighted by atomic mass is 16.5. The molecule has 1 saturated heterocycles. The van der Waals surface area contributed by atoms with Gasteiger partial charge >= 0.3 is 5.97 Å². The molecule has 1 rings (SSSR count). The first-order chi connectivity index (χ1) is 10.6. The second-order valence-electron chi connectivity index (χ2n) is 6.05. The smallest absolute Gasteiger partial charge is 0.328 e. The highest BCUT2D eigenvalue weighted by Gasteiger charge is 2.27. The van der Waals surface area contributed by atoms with E-state index in [1.54, 1.807) is 6.92 Å². The first-order valence-corrected chi connectivity index (χ1v) is 7.27. The number of cyclic esters (lactones) is 1. The Kier molecular flexibility index (Phi) is 9.12. The maximum absolute atomic E-state index is 11.3. The number of esters is 1. The van der Waals surface area contributed by atoms with Gasteiger partial charge < -0.3 is 25.6 Å². The predicted molar refractivity (Wildman–Crippen MR) is 83.2 cm³/mol. The van der Waals surface area contributed by atoms with Crippen molar-refractivity contribution in [2.75, 3.05) is 6.61 Å². The fraction of sp³-hybridized carbons (Fsp3) is 0.667. The number of hydrogen-bond acceptors (Lipinski definition) is 7. The van der Waals surface area contributed by atoms with Crippen molar-refractivity contribution in [2.45, 2.75) is 57.9 Å². The van der Waals surface area contributed by atoms with Gasteiger partial charge in [-0.3, -0.25) is 9.59 Å². The molecule has 1 aliphatic heterocycles. The molecular weight excluding hydrogens is 304 g/mol. The number of aliphatic hydroxyl groups is 1. The van der Waals surface area contributed by atoms with E-state index < -0.39 is 30.1 Å². The van der Waals surface area contributed by atoms with Crippen molar-refractivity contribution in [3.8, 4) is 0 Å². The van der Waals surface area contributed by atoms with Crippen LogP contribution in [0.1, 0.15) is 34.1 Å². The molecule has 1 amide bonds. The molecule has 0 radical (unpaired) electrons. The molecule has 1 aliphatic rings. The van der Waals surface area contributed by atoms with Crippen LogP contribution in [0.3, 0.4) is 0 Å². The van der Waals surface area contributed by atoms with Crippen LogP contribution in [-0.2, 0) is 23.9 Å². The van der Waals surface area contributed by atoms with E-state index in [0.717, 1.165) is 0 Å². The van der Waals surface area contributed by atoms with Crippen molar-refractivity contribution in [1.29, 1.82) is 0 Å². The van der Waals surface area contributed by atoms with Crippen LogP contribution >= 0.6 is 0 Å². The molecule has 2 unspecified atom stereocenters. The van der Waals surface area contributed by atoms with Crippen molar-refractivity contribution in [3.05, 3.63) is 12.2 Å². The van der Waals surface area contributed by atoms with Gasteiger partial charge in [-0.2, -0.15) is 0 Å². The standard InChI is InChI=1S/C10H16N2O4.C5H10O2/c1-6(11)8(13)2-3-9(14)12-7-4-5-16-10(7)15;1-5(2,3)7-4-6/h2-3,6-8,13H,4-5,11H2,1H3,(H,12,14);4H,1-3H3/b3-2+;/t6-,7?,8?;/m0./s1. The van der Waals surface area contributed by atoms with E-state index in [2.05, 4.69) is 14.8 Å². The van der Waals surface area contributed by atoms with Gasteiger partial charge in [0.1, 0.15) is 11.6 Å². The number of ether oxygens (including phenoxy) is 2. The van der Waals surface area contributed by atoms with Gasteiger partial charge in [-0.1, -0.05) is 0 Å². The summed E-state index contributed by atoms with van der Waals surface area (Å²) in [5, 5.41) is 11.8. The minimum absolute atomic E-state index is 0.318. The molecular formula is C15H26N2O6. The van der Waals surface area contributed by atoms with E-state index in [4.69, 9.17) is 5.73 Å². The Balaban J connectivity index is 0.000000585. The molecule has 0 aromatic heterocycles. The summed E-state index contributed by atoms with van der Waals surface area (Å²) in [7, 11) is 0. The molecule has 1 fully saturated rings. The summed E-state index contributed by atoms with van der Waals surface area (Å²) >= 11 is 0. The second-order valence-corrected chi connectivity index (χ2v) is 6.05. The van der Waals surface area contributed by atoms with Gasteiger partial charge in [0, 0.05) is 18.5 Å². The lowest BCUT2D eigenvalue weighted by molar-refractivity contribution is -0.141. The molecule has 0 bridgehead atoms. The zero-order valence-electron chi connectivity index (χ0n) is 13.9. The molecule has 0 aliphatic carbocycles. The largest absolute Gasteiger partial charge is 0.464 e. The maximum atomic E-state index is 11.3. The van der Waals surface area contributed by atoms with Crippen LogP contribution in [-0.4, -0.2) is 53.9 Å². The number of aliphatic hydroxyl groups excluding tert-OH is 1. The molecule has 0 aromatic rings. The van der Waals surface area contributed by atoms with E-state index in [9.17, 15) is 19.5 Å². The van der Waals surface area contributed by atoms with Crippen LogP contribution in [0.5, 0.6) is 0 Å². The molecule has 8 nitrogen and oxygen atoms in total. The molecule has 0 spiro atoms. The topological polar surface area (TPSA) is 128 Å². The van der Waals surface area contributed by atoms with Gasteiger partial charge in [-0.05, 0) is 33.8 Å². The molecule has 4 N–H and O–H groups in total. The molecule has 3 atom stereocenters. The molecule has 8 heteroatoms. The minimum atomic E-state index is -0.874. The molecule has 132 valence electrons. The molecule has 23 heavy (non-hydrogen) atoms. The summed E-state index contributed by atoms with van der Waals surface area (Å²) in [6, 6.07) is -1.02. The van der Waals surface area contributed by atoms with E-state index in [-0.39, 0.29) is 5.60 Å². The van der Waals surface area contributed by atoms with Crippen LogP contribution in [0.25, 0.3) is 0 Å². The average Bonchev–Trinajstić information content (AvgIpc) is 2.80. The number of nitrogens with one attached hydrogen (secondary N) is 1. The number of carbonyl (C=O) groups excluding carboxylic acids is 3. The van der Waals surface area contributed by atoms with Crippen molar-refractivity contribution >= 4 is 18.3 Å². The summed E-state index contributed by atoms with van der Waals surface area (Å²) in [4.78, 5) is 31.9. The third kappa shape index (κ3) is 10.4. The predicted octanol–water partition coefficient (Wildman–Crippen LogP) is -0.360. The fourth-order valence-electron chi connectivity index (χ4n) is 1.35. The van der Waals surface area contributed by atoms with E-state index in [0.29, 0.717) is 19.5 Å². The van der Waals surface area contributed by atoms with Gasteiger partial charge in [-0.25, -0.2) is 4.79 Å². The first kappa shape index (κ1) is 21.1. The van der Waals surface area contributed by atoms with Crippen LogP contribution in [0.15, 0.2) is 12.2 Å². The van der Waals surface area contributed by atoms with Crippen molar-refractivity contribution in [2.24, 2.45) is 5.73 Å². The van der Waals surface area contributed by atoms with Crippen molar-refractivity contribution in [3.63, 3.8) is 0 Å². The SMILES string of the molecule is CC(C)(C)OC=O.C[C@H](N)C(O)/C=C/C(=O)NC1CCOC1=O. The number of hydrogen-bond donors (Lipinski definition) is 3. The Morgan fingerprint density at radius 3 is 2.48 bits per heavy atom. The van der Waals surface area contributed by atoms with E-state index in [1.165, 1.54) is 12.2 Å². The van der Waals surface area contributed by atoms with Crippen LogP contribution in [0.2, 0.25) is 0 Å². The number of carbonyl (C=O) groups is 3. The van der Waals surface area contributed by atoms with Gasteiger partial charge in [0.15, 0.2) is 0 Å². The highest BCUT2D eigenvalue weighted by molar-refractivity contribution is 5.91. The number of nitrogens with two attached hydrogens (primary N) is 1. The highest BCUT2D eigenvalue weighted by Crippen LogP contribution is 2.05. The Hall–Kier alpha value is -1.93. The van der Waals surface area contributed by atoms with Gasteiger partial charge in [0.05, 0.1) is 12.7 Å². The third-order valence-corrected chi connectivity index (χ3v) is 2.64. The summed E-state index contributed by atoms with van der Waals surface area (Å²) < 4.78 is 9.23. The van der Waals surface area contributed by atoms with Gasteiger partial charge in [-0.15, -0.1) is 0 Å². The number of rotatable bonds is 5. The lowest BCUT2D eigenvalue weighted by Crippen LogP contribution is -2.37. The molecule has 1 heterocycles. The zero-order chi connectivity index (χ0) is 18.0. The summed E-state index contributed by atoms with van der Waals surface area (Å²) in [6.07, 6.45) is 2.06. The first-order valence-electron chi connectivity index (χ1n) is 7.27. The molecule has 0 saturated carbocycles. The summed E-state index contributed by atoms with van der Waals surface area (Å²) in [5.41, 5.74) is 5.08. The monoisotopic (exact) mass is 330 g/mol. The lowest BCUT2D eigenvalue weighted by Gasteiger charge is -2.14. The van der Waals surface area contributed by atoms with Crippen LogP contribution in [0.4, 0.5) is 0 Å². The normalized spacial score (nSPS) is 20.1. The fourth-order valence-corrected chi connectivity index (χ4v) is 1.35. The Bertz CT molecular complexity index is 428. The quantitative estimate of drug-likeness (QED) is 0.357. The second kappa shape index (κ2) is 9.96. The minimum Gasteiger partial charge on any atom is -0.464 e. The third-order valence-electron chi connectivity index (χ3n) is 2.64. The maximum Gasteiger partial charge on any atom is 0.328 e. The van der Waals surface area contributed by atoms with Crippen molar-refractivity contribution < 1.29 is 29.0 Å². The van der Waals surface area contributed by atoms with E-state index in [1.807, 2.05) is 20.8 Å². The van der Waals surface area contributed by atoms with Crippen LogP contribution < -0.4 is 11.1 Å². The van der Waals surface area contributed by atoms with Gasteiger partial charge in [0.25, 0.3) is 6.47 Å². The van der Waals surface area contributed by atoms with Crippen molar-refractivity contribution in [1.82, 2.24) is 5.32 Å². The molecule has 0 aromatic carbocycles.